The molecule has 31 heavy (non-hydrogen) atoms. The Balaban J connectivity index is 2.19. The van der Waals surface area contributed by atoms with Gasteiger partial charge < -0.3 is 24.7 Å². The zero-order valence-electron chi connectivity index (χ0n) is 18.2. The minimum Gasteiger partial charge on any atom is -0.465 e. The van der Waals surface area contributed by atoms with Crippen LogP contribution in [0.5, 0.6) is 5.75 Å². The lowest BCUT2D eigenvalue weighted by Gasteiger charge is -2.35. The Morgan fingerprint density at radius 2 is 1.94 bits per heavy atom. The summed E-state index contributed by atoms with van der Waals surface area (Å²) in [5.74, 6) is -1.17. The van der Waals surface area contributed by atoms with Gasteiger partial charge in [-0.05, 0) is 18.9 Å². The molecule has 0 bridgehead atoms. The second kappa shape index (κ2) is 7.01. The highest BCUT2D eigenvalue weighted by Gasteiger charge is 2.62. The van der Waals surface area contributed by atoms with Crippen molar-refractivity contribution in [3.63, 3.8) is 0 Å². The summed E-state index contributed by atoms with van der Waals surface area (Å²) < 4.78 is 12.2. The Labute approximate surface area is 179 Å². The molecule has 2 aliphatic rings. The van der Waals surface area contributed by atoms with Crippen molar-refractivity contribution in [2.24, 2.45) is 18.7 Å². The molecule has 8 nitrogen and oxygen atoms in total. The summed E-state index contributed by atoms with van der Waals surface area (Å²) in [5.41, 5.74) is 5.69. The lowest BCUT2D eigenvalue weighted by atomic mass is 9.68. The zero-order chi connectivity index (χ0) is 22.7. The van der Waals surface area contributed by atoms with Crippen LogP contribution >= 0.6 is 0 Å². The normalized spacial score (nSPS) is 19.5. The molecule has 0 saturated carbocycles. The van der Waals surface area contributed by atoms with E-state index in [0.29, 0.717) is 23.5 Å². The van der Waals surface area contributed by atoms with Crippen molar-refractivity contribution < 1.29 is 19.1 Å². The molecule has 0 aliphatic carbocycles. The molecule has 1 atom stereocenters. The fourth-order valence-corrected chi connectivity index (χ4v) is 4.54. The molecule has 2 aliphatic heterocycles. The number of benzene rings is 1. The topological polar surface area (TPSA) is 104 Å². The number of nitrogens with two attached hydrogens (primary N) is 1. The Kier molecular flexibility index (Phi) is 4.68. The molecule has 1 amide bonds. The predicted octanol–water partition coefficient (Wildman–Crippen LogP) is 1.72. The monoisotopic (exact) mass is 423 g/mol. The summed E-state index contributed by atoms with van der Waals surface area (Å²) in [6.07, 6.45) is 0. The van der Waals surface area contributed by atoms with Crippen molar-refractivity contribution in [3.05, 3.63) is 69.0 Å². The first-order valence-electron chi connectivity index (χ1n) is 10.0. The van der Waals surface area contributed by atoms with E-state index in [1.165, 1.54) is 11.7 Å². The predicted molar refractivity (Wildman–Crippen MR) is 115 cm³/mol. The van der Waals surface area contributed by atoms with Gasteiger partial charge in [0.05, 0.1) is 12.7 Å². The van der Waals surface area contributed by atoms with Crippen LogP contribution in [-0.2, 0) is 26.8 Å². The quantitative estimate of drug-likeness (QED) is 0.754. The molecule has 4 rings (SSSR count). The maximum atomic E-state index is 14.2. The number of fused-ring (bicyclic) bond motifs is 4. The standard InChI is InChI=1S/C23H25N3O5/c1-12(2)11-26-15-9-7-6-8-14(15)23(22(26)29)17-16(10-13(3)25(4)20(17)27)31-19(24)18(23)21(28)30-5/h6-10,12H,11,24H2,1-5H3. The number of nitrogens with zero attached hydrogens (tertiary/aromatic N) is 2. The van der Waals surface area contributed by atoms with Gasteiger partial charge >= 0.3 is 5.97 Å². The molecule has 0 radical (unpaired) electrons. The van der Waals surface area contributed by atoms with Crippen LogP contribution in [0, 0.1) is 12.8 Å². The summed E-state index contributed by atoms with van der Waals surface area (Å²) in [6.45, 7) is 6.15. The minimum absolute atomic E-state index is 0.0684. The van der Waals surface area contributed by atoms with E-state index in [4.69, 9.17) is 15.2 Å². The van der Waals surface area contributed by atoms with Gasteiger partial charge in [0, 0.05) is 36.6 Å². The lowest BCUT2D eigenvalue weighted by molar-refractivity contribution is -0.138. The summed E-state index contributed by atoms with van der Waals surface area (Å²) in [7, 11) is 2.82. The maximum absolute atomic E-state index is 14.2. The highest BCUT2D eigenvalue weighted by molar-refractivity contribution is 6.18. The summed E-state index contributed by atoms with van der Waals surface area (Å²) in [6, 6.07) is 8.80. The van der Waals surface area contributed by atoms with Crippen LogP contribution < -0.4 is 20.9 Å². The summed E-state index contributed by atoms with van der Waals surface area (Å²) >= 11 is 0. The molecule has 1 aromatic heterocycles. The van der Waals surface area contributed by atoms with Crippen molar-refractivity contribution in [1.29, 1.82) is 0 Å². The van der Waals surface area contributed by atoms with E-state index in [1.54, 1.807) is 37.1 Å². The average molecular weight is 423 g/mol. The van der Waals surface area contributed by atoms with Gasteiger partial charge in [0.25, 0.3) is 5.56 Å². The van der Waals surface area contributed by atoms with Gasteiger partial charge in [0.1, 0.15) is 16.7 Å². The molecule has 0 fully saturated rings. The van der Waals surface area contributed by atoms with E-state index in [2.05, 4.69) is 0 Å². The number of aromatic nitrogens is 1. The third kappa shape index (κ3) is 2.64. The SMILES string of the molecule is COC(=O)C1=C(N)Oc2cc(C)n(C)c(=O)c2C12C(=O)N(CC(C)C)c1ccccc12. The van der Waals surface area contributed by atoms with Crippen LogP contribution in [0.3, 0.4) is 0 Å². The number of esters is 1. The first kappa shape index (κ1) is 20.7. The molecule has 2 aromatic rings. The number of anilines is 1. The Morgan fingerprint density at radius 3 is 2.58 bits per heavy atom. The Bertz CT molecular complexity index is 1210. The van der Waals surface area contributed by atoms with Gasteiger partial charge in [-0.1, -0.05) is 32.0 Å². The summed E-state index contributed by atoms with van der Waals surface area (Å²) in [4.78, 5) is 42.3. The van der Waals surface area contributed by atoms with Crippen LogP contribution in [0.25, 0.3) is 0 Å². The number of pyridine rings is 1. The van der Waals surface area contributed by atoms with E-state index < -0.39 is 22.9 Å². The van der Waals surface area contributed by atoms with Crippen molar-refractivity contribution in [2.75, 3.05) is 18.6 Å². The first-order valence-corrected chi connectivity index (χ1v) is 10.0. The number of carbonyl (C=O) groups excluding carboxylic acids is 2. The minimum atomic E-state index is -1.75. The molecule has 2 N–H and O–H groups in total. The number of rotatable bonds is 3. The highest BCUT2D eigenvalue weighted by Crippen LogP contribution is 2.54. The van der Waals surface area contributed by atoms with Crippen LogP contribution in [-0.4, -0.2) is 30.1 Å². The number of aryl methyl sites for hydroxylation is 1. The van der Waals surface area contributed by atoms with E-state index in [9.17, 15) is 14.4 Å². The van der Waals surface area contributed by atoms with E-state index in [-0.39, 0.29) is 28.7 Å². The van der Waals surface area contributed by atoms with Crippen molar-refractivity contribution in [2.45, 2.75) is 26.2 Å². The van der Waals surface area contributed by atoms with Crippen LogP contribution in [0.4, 0.5) is 5.69 Å². The van der Waals surface area contributed by atoms with Crippen LogP contribution in [0.1, 0.15) is 30.7 Å². The fraction of sp³-hybridized carbons (Fsp3) is 0.348. The smallest absolute Gasteiger partial charge is 0.340 e. The summed E-state index contributed by atoms with van der Waals surface area (Å²) in [5, 5.41) is 0. The molecular formula is C23H25N3O5. The Morgan fingerprint density at radius 1 is 1.26 bits per heavy atom. The number of hydrogen-bond acceptors (Lipinski definition) is 6. The van der Waals surface area contributed by atoms with Gasteiger partial charge in [0.15, 0.2) is 0 Å². The second-order valence-electron chi connectivity index (χ2n) is 8.30. The highest BCUT2D eigenvalue weighted by atomic mass is 16.5. The Hall–Kier alpha value is -3.55. The van der Waals surface area contributed by atoms with Crippen molar-refractivity contribution in [3.8, 4) is 5.75 Å². The van der Waals surface area contributed by atoms with E-state index >= 15 is 0 Å². The van der Waals surface area contributed by atoms with Gasteiger partial charge in [-0.25, -0.2) is 4.79 Å². The number of methoxy groups -OCH3 is 1. The van der Waals surface area contributed by atoms with Crippen molar-refractivity contribution >= 4 is 17.6 Å². The second-order valence-corrected chi connectivity index (χ2v) is 8.30. The number of amides is 1. The molecule has 1 spiro atoms. The third-order valence-electron chi connectivity index (χ3n) is 5.95. The van der Waals surface area contributed by atoms with E-state index in [1.807, 2.05) is 26.0 Å². The molecular weight excluding hydrogens is 398 g/mol. The van der Waals surface area contributed by atoms with Gasteiger partial charge in [-0.15, -0.1) is 0 Å². The van der Waals surface area contributed by atoms with E-state index in [0.717, 1.165) is 0 Å². The molecule has 1 unspecified atom stereocenters. The molecule has 8 heteroatoms. The fourth-order valence-electron chi connectivity index (χ4n) is 4.54. The van der Waals surface area contributed by atoms with Crippen LogP contribution in [0.15, 0.2) is 46.6 Å². The lowest BCUT2D eigenvalue weighted by Crippen LogP contribution is -2.52. The average Bonchev–Trinajstić information content (AvgIpc) is 2.95. The first-order chi connectivity index (χ1) is 14.7. The number of ether oxygens (including phenoxy) is 2. The van der Waals surface area contributed by atoms with Gasteiger partial charge in [0.2, 0.25) is 11.8 Å². The van der Waals surface area contributed by atoms with Gasteiger partial charge in [-0.2, -0.15) is 0 Å². The molecule has 0 saturated heterocycles. The zero-order valence-corrected chi connectivity index (χ0v) is 18.2. The third-order valence-corrected chi connectivity index (χ3v) is 5.95. The number of carbonyl (C=O) groups is 2. The van der Waals surface area contributed by atoms with Crippen LogP contribution in [0.2, 0.25) is 0 Å². The largest absolute Gasteiger partial charge is 0.465 e. The molecule has 3 heterocycles. The number of hydrogen-bond donors (Lipinski definition) is 1. The van der Waals surface area contributed by atoms with Crippen molar-refractivity contribution in [1.82, 2.24) is 4.57 Å². The molecule has 162 valence electrons. The maximum Gasteiger partial charge on any atom is 0.340 e. The molecule has 1 aromatic carbocycles. The number of para-hydroxylation sites is 1. The van der Waals surface area contributed by atoms with Gasteiger partial charge in [-0.3, -0.25) is 9.59 Å².